The van der Waals surface area contributed by atoms with E-state index in [-0.39, 0.29) is 11.3 Å². The number of hydrogen-bond acceptors (Lipinski definition) is 2. The third-order valence-electron chi connectivity index (χ3n) is 1.41. The highest BCUT2D eigenvalue weighted by molar-refractivity contribution is 6.28. The van der Waals surface area contributed by atoms with Gasteiger partial charge in [-0.2, -0.15) is 0 Å². The van der Waals surface area contributed by atoms with Crippen molar-refractivity contribution in [2.75, 3.05) is 7.05 Å². The van der Waals surface area contributed by atoms with Gasteiger partial charge in [0.2, 0.25) is 0 Å². The average molecular weight is 150 g/mol. The van der Waals surface area contributed by atoms with E-state index in [0.717, 1.165) is 5.57 Å². The second-order valence-electron chi connectivity index (χ2n) is 1.98. The molecule has 0 aliphatic carbocycles. The standard InChI is InChI=1S/C6H12ClNO/c1-4(6(7)9)5(2)8-3/h5,8-9H,1-3H3/b6-4-. The first-order chi connectivity index (χ1) is 4.09. The minimum atomic E-state index is -0.114. The molecule has 2 nitrogen and oxygen atoms in total. The smallest absolute Gasteiger partial charge is 0.184 e. The molecule has 0 aromatic rings. The molecule has 0 saturated carbocycles. The fraction of sp³-hybridized carbons (Fsp3) is 0.667. The van der Waals surface area contributed by atoms with E-state index in [1.807, 2.05) is 14.0 Å². The van der Waals surface area contributed by atoms with Gasteiger partial charge in [-0.05, 0) is 38.1 Å². The second kappa shape index (κ2) is 3.75. The molecule has 0 rings (SSSR count). The third-order valence-corrected chi connectivity index (χ3v) is 1.71. The Hall–Kier alpha value is -0.210. The summed E-state index contributed by atoms with van der Waals surface area (Å²) in [5.74, 6) is 0. The molecule has 1 atom stereocenters. The van der Waals surface area contributed by atoms with Crippen molar-refractivity contribution in [2.45, 2.75) is 19.9 Å². The van der Waals surface area contributed by atoms with Gasteiger partial charge in [0.15, 0.2) is 5.22 Å². The zero-order valence-corrected chi connectivity index (χ0v) is 6.66. The van der Waals surface area contributed by atoms with Gasteiger partial charge in [-0.25, -0.2) is 0 Å². The highest BCUT2D eigenvalue weighted by Crippen LogP contribution is 2.08. The third kappa shape index (κ3) is 2.72. The molecule has 0 aliphatic heterocycles. The molecule has 0 aliphatic rings. The van der Waals surface area contributed by atoms with Gasteiger partial charge in [-0.3, -0.25) is 0 Å². The molecule has 0 radical (unpaired) electrons. The minimum absolute atomic E-state index is 0.114. The van der Waals surface area contributed by atoms with Crippen LogP contribution in [0.3, 0.4) is 0 Å². The number of aliphatic hydroxyl groups is 1. The summed E-state index contributed by atoms with van der Waals surface area (Å²) in [5.41, 5.74) is 0.763. The van der Waals surface area contributed by atoms with Gasteiger partial charge in [0.25, 0.3) is 0 Å². The van der Waals surface area contributed by atoms with Crippen LogP contribution in [0.5, 0.6) is 0 Å². The van der Waals surface area contributed by atoms with Crippen LogP contribution in [0.1, 0.15) is 13.8 Å². The quantitative estimate of drug-likeness (QED) is 0.585. The Bertz CT molecular complexity index is 118. The zero-order valence-electron chi connectivity index (χ0n) is 5.90. The predicted octanol–water partition coefficient (Wildman–Crippen LogP) is 1.62. The second-order valence-corrected chi connectivity index (χ2v) is 2.34. The molecule has 2 N–H and O–H groups in total. The van der Waals surface area contributed by atoms with Crippen LogP contribution in [0.2, 0.25) is 0 Å². The predicted molar refractivity (Wildman–Crippen MR) is 39.7 cm³/mol. The van der Waals surface area contributed by atoms with E-state index in [0.29, 0.717) is 0 Å². The lowest BCUT2D eigenvalue weighted by Crippen LogP contribution is -2.22. The normalized spacial score (nSPS) is 16.9. The maximum Gasteiger partial charge on any atom is 0.184 e. The summed E-state index contributed by atoms with van der Waals surface area (Å²) in [7, 11) is 1.81. The SMILES string of the molecule is CNC(C)/C(C)=C(\O)Cl. The van der Waals surface area contributed by atoms with Crippen molar-refractivity contribution in [3.63, 3.8) is 0 Å². The summed E-state index contributed by atoms with van der Waals surface area (Å²) in [5, 5.41) is 11.6. The van der Waals surface area contributed by atoms with E-state index in [9.17, 15) is 0 Å². The van der Waals surface area contributed by atoms with Crippen molar-refractivity contribution in [1.82, 2.24) is 5.32 Å². The first kappa shape index (κ1) is 8.79. The molecular formula is C6H12ClNO. The van der Waals surface area contributed by atoms with Crippen molar-refractivity contribution < 1.29 is 5.11 Å². The lowest BCUT2D eigenvalue weighted by Gasteiger charge is -2.09. The summed E-state index contributed by atoms with van der Waals surface area (Å²) in [6.45, 7) is 3.71. The van der Waals surface area contributed by atoms with Crippen molar-refractivity contribution in [2.24, 2.45) is 0 Å². The number of nitrogens with one attached hydrogen (secondary N) is 1. The molecular weight excluding hydrogens is 138 g/mol. The highest BCUT2D eigenvalue weighted by Gasteiger charge is 2.03. The van der Waals surface area contributed by atoms with Crippen LogP contribution in [-0.2, 0) is 0 Å². The molecule has 0 bridgehead atoms. The summed E-state index contributed by atoms with van der Waals surface area (Å²) in [4.78, 5) is 0. The van der Waals surface area contributed by atoms with Crippen LogP contribution in [0.15, 0.2) is 10.8 Å². The van der Waals surface area contributed by atoms with Crippen LogP contribution in [0.4, 0.5) is 0 Å². The molecule has 0 fully saturated rings. The van der Waals surface area contributed by atoms with E-state index >= 15 is 0 Å². The Morgan fingerprint density at radius 2 is 2.11 bits per heavy atom. The first-order valence-electron chi connectivity index (χ1n) is 2.82. The monoisotopic (exact) mass is 149 g/mol. The van der Waals surface area contributed by atoms with Crippen molar-refractivity contribution in [1.29, 1.82) is 0 Å². The molecule has 9 heavy (non-hydrogen) atoms. The van der Waals surface area contributed by atoms with Gasteiger partial charge in [-0.15, -0.1) is 0 Å². The maximum atomic E-state index is 8.73. The van der Waals surface area contributed by atoms with E-state index < -0.39 is 0 Å². The summed E-state index contributed by atoms with van der Waals surface area (Å²) < 4.78 is 0. The topological polar surface area (TPSA) is 32.3 Å². The fourth-order valence-corrected chi connectivity index (χ4v) is 0.559. The highest BCUT2D eigenvalue weighted by atomic mass is 35.5. The largest absolute Gasteiger partial charge is 0.499 e. The lowest BCUT2D eigenvalue weighted by molar-refractivity contribution is 0.437. The van der Waals surface area contributed by atoms with E-state index in [1.165, 1.54) is 0 Å². The van der Waals surface area contributed by atoms with Crippen LogP contribution < -0.4 is 5.32 Å². The van der Waals surface area contributed by atoms with Crippen molar-refractivity contribution in [3.8, 4) is 0 Å². The Morgan fingerprint density at radius 3 is 2.22 bits per heavy atom. The fourth-order valence-electron chi connectivity index (χ4n) is 0.395. The van der Waals surface area contributed by atoms with Gasteiger partial charge in [0.05, 0.1) is 0 Å². The molecule has 1 unspecified atom stereocenters. The van der Waals surface area contributed by atoms with Crippen LogP contribution in [-0.4, -0.2) is 18.2 Å². The van der Waals surface area contributed by atoms with Gasteiger partial charge < -0.3 is 10.4 Å². The van der Waals surface area contributed by atoms with E-state index in [2.05, 4.69) is 5.32 Å². The summed E-state index contributed by atoms with van der Waals surface area (Å²) >= 11 is 5.30. The number of likely N-dealkylation sites (N-methyl/N-ethyl adjacent to an activating group) is 1. The summed E-state index contributed by atoms with van der Waals surface area (Å²) in [6.07, 6.45) is 0. The number of halogens is 1. The van der Waals surface area contributed by atoms with E-state index in [4.69, 9.17) is 16.7 Å². The lowest BCUT2D eigenvalue weighted by atomic mass is 10.2. The summed E-state index contributed by atoms with van der Waals surface area (Å²) in [6, 6.07) is 0.141. The Labute approximate surface area is 60.5 Å². The zero-order chi connectivity index (χ0) is 7.44. The first-order valence-corrected chi connectivity index (χ1v) is 3.20. The number of hydrogen-bond donors (Lipinski definition) is 2. The van der Waals surface area contributed by atoms with Gasteiger partial charge in [-0.1, -0.05) is 0 Å². The van der Waals surface area contributed by atoms with Crippen molar-refractivity contribution >= 4 is 11.6 Å². The van der Waals surface area contributed by atoms with Gasteiger partial charge in [0.1, 0.15) is 0 Å². The molecule has 0 amide bonds. The number of aliphatic hydroxyl groups excluding tert-OH is 1. The van der Waals surface area contributed by atoms with Gasteiger partial charge in [0, 0.05) is 6.04 Å². The van der Waals surface area contributed by atoms with Crippen LogP contribution in [0.25, 0.3) is 0 Å². The Kier molecular flexibility index (Phi) is 3.66. The van der Waals surface area contributed by atoms with Crippen LogP contribution in [0, 0.1) is 0 Å². The molecule has 3 heteroatoms. The molecule has 0 saturated heterocycles. The average Bonchev–Trinajstić information content (AvgIpc) is 1.84. The molecule has 0 heterocycles. The Morgan fingerprint density at radius 1 is 1.67 bits per heavy atom. The maximum absolute atomic E-state index is 8.73. The molecule has 54 valence electrons. The van der Waals surface area contributed by atoms with Crippen LogP contribution >= 0.6 is 11.6 Å². The molecule has 0 aromatic heterocycles. The number of rotatable bonds is 2. The Balaban J connectivity index is 4.02. The molecule has 0 spiro atoms. The minimum Gasteiger partial charge on any atom is -0.499 e. The van der Waals surface area contributed by atoms with E-state index in [1.54, 1.807) is 6.92 Å². The molecule has 0 aromatic carbocycles. The van der Waals surface area contributed by atoms with Crippen molar-refractivity contribution in [3.05, 3.63) is 10.8 Å². The van der Waals surface area contributed by atoms with Gasteiger partial charge >= 0.3 is 0 Å².